The van der Waals surface area contributed by atoms with Crippen LogP contribution in [0.4, 0.5) is 0 Å². The molecule has 33 heavy (non-hydrogen) atoms. The Kier molecular flexibility index (Phi) is 10.3. The van der Waals surface area contributed by atoms with E-state index in [1.165, 1.54) is 27.7 Å². The van der Waals surface area contributed by atoms with E-state index in [1.807, 2.05) is 36.4 Å². The van der Waals surface area contributed by atoms with Gasteiger partial charge in [-0.25, -0.2) is 0 Å². The molecule has 1 saturated heterocycles. The van der Waals surface area contributed by atoms with Gasteiger partial charge in [0.15, 0.2) is 18.3 Å². The smallest absolute Gasteiger partial charge is 0.303 e. The summed E-state index contributed by atoms with van der Waals surface area (Å²) in [5.41, 5.74) is 0.959. The minimum Gasteiger partial charge on any atom is -0.463 e. The zero-order chi connectivity index (χ0) is 24.5. The van der Waals surface area contributed by atoms with Crippen molar-refractivity contribution in [2.75, 3.05) is 6.61 Å². The molecule has 1 aromatic carbocycles. The molecule has 1 fully saturated rings. The van der Waals surface area contributed by atoms with Crippen molar-refractivity contribution in [3.8, 4) is 0 Å². The van der Waals surface area contributed by atoms with Crippen molar-refractivity contribution in [1.29, 1.82) is 0 Å². The van der Waals surface area contributed by atoms with Crippen LogP contribution in [0, 0.1) is 3.57 Å². The van der Waals surface area contributed by atoms with E-state index >= 15 is 0 Å². The first-order valence-corrected chi connectivity index (χ1v) is 11.4. The molecule has 9 nitrogen and oxygen atoms in total. The van der Waals surface area contributed by atoms with Gasteiger partial charge in [0.05, 0.1) is 0 Å². The lowest BCUT2D eigenvalue weighted by Crippen LogP contribution is -2.62. The standard InChI is InChI=1S/C23H27IO9/c1-13(25)29-12-20-22(31-15(3)27)23(32-16(4)28)21(30-14(2)26)19(33-20)7-5-6-17-8-10-18(24)11-9-17/h5-6,8-11,19-23H,7,12H2,1-4H3/b6-5+/t19-,20-,21-,22-,23+/m1/s1. The average Bonchev–Trinajstić information content (AvgIpc) is 2.71. The Hall–Kier alpha value is -2.47. The van der Waals surface area contributed by atoms with Crippen LogP contribution in [0.3, 0.4) is 0 Å². The zero-order valence-corrected chi connectivity index (χ0v) is 21.0. The van der Waals surface area contributed by atoms with Crippen LogP contribution in [-0.4, -0.2) is 61.0 Å². The molecule has 0 spiro atoms. The molecule has 1 aliphatic rings. The first kappa shape index (κ1) is 26.8. The fraction of sp³-hybridized carbons (Fsp3) is 0.478. The number of carbonyl (C=O) groups excluding carboxylic acids is 4. The van der Waals surface area contributed by atoms with Crippen LogP contribution in [-0.2, 0) is 42.9 Å². The summed E-state index contributed by atoms with van der Waals surface area (Å²) in [5, 5.41) is 0. The van der Waals surface area contributed by atoms with E-state index in [2.05, 4.69) is 22.6 Å². The first-order chi connectivity index (χ1) is 15.6. The predicted molar refractivity (Wildman–Crippen MR) is 125 cm³/mol. The van der Waals surface area contributed by atoms with Crippen LogP contribution in [0.15, 0.2) is 30.3 Å². The highest BCUT2D eigenvalue weighted by molar-refractivity contribution is 14.1. The largest absolute Gasteiger partial charge is 0.463 e. The lowest BCUT2D eigenvalue weighted by Gasteiger charge is -2.44. The summed E-state index contributed by atoms with van der Waals surface area (Å²) in [4.78, 5) is 46.8. The van der Waals surface area contributed by atoms with E-state index in [1.54, 1.807) is 0 Å². The average molecular weight is 574 g/mol. The van der Waals surface area contributed by atoms with E-state index in [9.17, 15) is 19.2 Å². The topological polar surface area (TPSA) is 114 Å². The van der Waals surface area contributed by atoms with Crippen LogP contribution in [0.25, 0.3) is 6.08 Å². The lowest BCUT2D eigenvalue weighted by atomic mass is 9.92. The van der Waals surface area contributed by atoms with Crippen molar-refractivity contribution < 1.29 is 42.9 Å². The number of rotatable bonds is 8. The molecule has 0 unspecified atom stereocenters. The highest BCUT2D eigenvalue weighted by Gasteiger charge is 2.51. The number of halogens is 1. The lowest BCUT2D eigenvalue weighted by molar-refractivity contribution is -0.251. The molecule has 0 aromatic heterocycles. The summed E-state index contributed by atoms with van der Waals surface area (Å²) in [5.74, 6) is -2.49. The number of carbonyl (C=O) groups is 4. The summed E-state index contributed by atoms with van der Waals surface area (Å²) < 4.78 is 28.5. The molecular formula is C23H27IO9. The Balaban J connectivity index is 2.35. The van der Waals surface area contributed by atoms with Gasteiger partial charge in [-0.15, -0.1) is 0 Å². The van der Waals surface area contributed by atoms with Gasteiger partial charge in [0.1, 0.15) is 18.8 Å². The van der Waals surface area contributed by atoms with E-state index in [-0.39, 0.29) is 13.0 Å². The molecule has 0 radical (unpaired) electrons. The highest BCUT2D eigenvalue weighted by atomic mass is 127. The minimum absolute atomic E-state index is 0.241. The maximum atomic E-state index is 11.8. The molecule has 0 bridgehead atoms. The quantitative estimate of drug-likeness (QED) is 0.263. The Bertz CT molecular complexity index is 880. The molecular weight excluding hydrogens is 547 g/mol. The Morgan fingerprint density at radius 1 is 0.818 bits per heavy atom. The van der Waals surface area contributed by atoms with E-state index in [0.717, 1.165) is 9.13 Å². The van der Waals surface area contributed by atoms with E-state index in [0.29, 0.717) is 0 Å². The predicted octanol–water partition coefficient (Wildman–Crippen LogP) is 2.82. The molecule has 2 rings (SSSR count). The SMILES string of the molecule is CC(=O)OC[C@H]1O[C@H](C/C=C/c2ccc(I)cc2)[C@@H](OC(C)=O)[C@H](OC(C)=O)[C@@H]1OC(C)=O. The van der Waals surface area contributed by atoms with Gasteiger partial charge < -0.3 is 23.7 Å². The van der Waals surface area contributed by atoms with Crippen LogP contribution >= 0.6 is 22.6 Å². The van der Waals surface area contributed by atoms with Gasteiger partial charge in [0.25, 0.3) is 0 Å². The van der Waals surface area contributed by atoms with Gasteiger partial charge in [-0.05, 0) is 46.7 Å². The Morgan fingerprint density at radius 3 is 1.85 bits per heavy atom. The third-order valence-corrected chi connectivity index (χ3v) is 5.35. The summed E-state index contributed by atoms with van der Waals surface area (Å²) in [6, 6.07) is 7.83. The maximum Gasteiger partial charge on any atom is 0.303 e. The van der Waals surface area contributed by atoms with Crippen LogP contribution in [0.5, 0.6) is 0 Å². The third kappa shape index (κ3) is 8.77. The fourth-order valence-electron chi connectivity index (χ4n) is 3.42. The van der Waals surface area contributed by atoms with Crippen molar-refractivity contribution >= 4 is 52.5 Å². The zero-order valence-electron chi connectivity index (χ0n) is 18.8. The normalized spacial score (nSPS) is 24.7. The van der Waals surface area contributed by atoms with Crippen LogP contribution in [0.2, 0.25) is 0 Å². The second-order valence-electron chi connectivity index (χ2n) is 7.43. The van der Waals surface area contributed by atoms with Crippen molar-refractivity contribution in [3.63, 3.8) is 0 Å². The van der Waals surface area contributed by atoms with Crippen molar-refractivity contribution in [3.05, 3.63) is 39.5 Å². The van der Waals surface area contributed by atoms with Crippen molar-refractivity contribution in [2.24, 2.45) is 0 Å². The molecule has 1 aliphatic heterocycles. The molecule has 5 atom stereocenters. The molecule has 0 N–H and O–H groups in total. The van der Waals surface area contributed by atoms with Crippen molar-refractivity contribution in [1.82, 2.24) is 0 Å². The Labute approximate surface area is 205 Å². The monoisotopic (exact) mass is 574 g/mol. The molecule has 1 heterocycles. The molecule has 0 saturated carbocycles. The van der Waals surface area contributed by atoms with Crippen LogP contribution < -0.4 is 0 Å². The van der Waals surface area contributed by atoms with E-state index < -0.39 is 54.4 Å². The second-order valence-corrected chi connectivity index (χ2v) is 8.67. The molecule has 10 heteroatoms. The summed E-state index contributed by atoms with van der Waals surface area (Å²) in [6.07, 6.45) is -1.05. The van der Waals surface area contributed by atoms with Gasteiger partial charge in [-0.3, -0.25) is 19.2 Å². The summed E-state index contributed by atoms with van der Waals surface area (Å²) in [7, 11) is 0. The number of esters is 4. The number of ether oxygens (including phenoxy) is 5. The third-order valence-electron chi connectivity index (χ3n) is 4.64. The van der Waals surface area contributed by atoms with Gasteiger partial charge >= 0.3 is 23.9 Å². The number of hydrogen-bond donors (Lipinski definition) is 0. The highest BCUT2D eigenvalue weighted by Crippen LogP contribution is 2.31. The first-order valence-electron chi connectivity index (χ1n) is 10.3. The second kappa shape index (κ2) is 12.7. The minimum atomic E-state index is -1.15. The van der Waals surface area contributed by atoms with Gasteiger partial charge in [-0.2, -0.15) is 0 Å². The molecule has 0 amide bonds. The molecule has 1 aromatic rings. The maximum absolute atomic E-state index is 11.8. The van der Waals surface area contributed by atoms with Crippen LogP contribution in [0.1, 0.15) is 39.7 Å². The number of benzene rings is 1. The van der Waals surface area contributed by atoms with Crippen molar-refractivity contribution in [2.45, 2.75) is 64.6 Å². The fourth-order valence-corrected chi connectivity index (χ4v) is 3.78. The van der Waals surface area contributed by atoms with Gasteiger partial charge in [0.2, 0.25) is 0 Å². The Morgan fingerprint density at radius 2 is 1.33 bits per heavy atom. The van der Waals surface area contributed by atoms with E-state index in [4.69, 9.17) is 23.7 Å². The summed E-state index contributed by atoms with van der Waals surface area (Å²) in [6.45, 7) is 4.59. The molecule has 180 valence electrons. The molecule has 0 aliphatic carbocycles. The number of hydrogen-bond acceptors (Lipinski definition) is 9. The van der Waals surface area contributed by atoms with Gasteiger partial charge in [-0.1, -0.05) is 24.3 Å². The summed E-state index contributed by atoms with van der Waals surface area (Å²) >= 11 is 2.21. The van der Waals surface area contributed by atoms with Gasteiger partial charge in [0, 0.05) is 31.3 Å².